The Hall–Kier alpha value is -3.60. The Labute approximate surface area is 169 Å². The van der Waals surface area contributed by atoms with Gasteiger partial charge in [0, 0.05) is 11.6 Å². The summed E-state index contributed by atoms with van der Waals surface area (Å²) in [5.41, 5.74) is 3.82. The first-order chi connectivity index (χ1) is 14.0. The lowest BCUT2D eigenvalue weighted by Gasteiger charge is -2.07. The van der Waals surface area contributed by atoms with Crippen LogP contribution in [-0.2, 0) is 4.79 Å². The van der Waals surface area contributed by atoms with E-state index >= 15 is 0 Å². The van der Waals surface area contributed by atoms with Crippen LogP contribution in [0, 0.1) is 10.1 Å². The minimum atomic E-state index is -0.724. The van der Waals surface area contributed by atoms with Gasteiger partial charge in [0.25, 0.3) is 5.91 Å². The molecular weight excluding hydrogens is 398 g/mol. The Morgan fingerprint density at radius 2 is 2.24 bits per heavy atom. The number of aromatic nitrogens is 2. The van der Waals surface area contributed by atoms with E-state index in [2.05, 4.69) is 20.5 Å². The molecule has 10 nitrogen and oxygen atoms in total. The molecule has 1 aromatic heterocycles. The molecule has 0 aliphatic heterocycles. The predicted molar refractivity (Wildman–Crippen MR) is 108 cm³/mol. The van der Waals surface area contributed by atoms with Crippen LogP contribution in [0.25, 0.3) is 11.0 Å². The zero-order valence-corrected chi connectivity index (χ0v) is 16.1. The predicted octanol–water partition coefficient (Wildman–Crippen LogP) is 2.82. The molecule has 29 heavy (non-hydrogen) atoms. The Bertz CT molecular complexity index is 1050. The highest BCUT2D eigenvalue weighted by molar-refractivity contribution is 7.99. The third kappa shape index (κ3) is 5.02. The molecule has 0 aliphatic carbocycles. The minimum Gasteiger partial charge on any atom is -0.500 e. The number of carbonyl (C=O) groups is 1. The maximum Gasteiger partial charge on any atom is 0.315 e. The lowest BCUT2D eigenvalue weighted by atomic mass is 10.2. The number of nitro groups is 1. The van der Waals surface area contributed by atoms with Crippen LogP contribution in [0.4, 0.5) is 5.69 Å². The molecule has 0 bridgehead atoms. The standard InChI is InChI=1S/C18H17N5O5S/c1-2-28-15-8-11(7-14(17(15)25)23(26)27)9-19-22-16(24)10-29-18-20-12-5-3-4-6-13(12)21-18/h3-9,25H,2,10H2,1H3,(H,20,21)(H,22,24). The van der Waals surface area contributed by atoms with Crippen molar-refractivity contribution >= 4 is 40.6 Å². The van der Waals surface area contributed by atoms with Crippen molar-refractivity contribution in [2.24, 2.45) is 5.10 Å². The number of fused-ring (bicyclic) bond motifs is 1. The van der Waals surface area contributed by atoms with E-state index in [1.165, 1.54) is 24.0 Å². The molecule has 2 aromatic carbocycles. The summed E-state index contributed by atoms with van der Waals surface area (Å²) < 4.78 is 5.19. The van der Waals surface area contributed by atoms with Gasteiger partial charge in [0.1, 0.15) is 0 Å². The van der Waals surface area contributed by atoms with E-state index in [1.807, 2.05) is 24.3 Å². The number of hydrogen-bond donors (Lipinski definition) is 3. The van der Waals surface area contributed by atoms with E-state index in [0.717, 1.165) is 17.1 Å². The number of aromatic amines is 1. The van der Waals surface area contributed by atoms with Crippen LogP contribution in [0.5, 0.6) is 11.5 Å². The first-order valence-corrected chi connectivity index (χ1v) is 9.50. The Kier molecular flexibility index (Phi) is 6.29. The minimum absolute atomic E-state index is 0.0325. The van der Waals surface area contributed by atoms with Crippen molar-refractivity contribution in [3.8, 4) is 11.5 Å². The van der Waals surface area contributed by atoms with Gasteiger partial charge in [-0.15, -0.1) is 0 Å². The fourth-order valence-corrected chi connectivity index (χ4v) is 3.11. The number of imidazole rings is 1. The second kappa shape index (κ2) is 9.06. The van der Waals surface area contributed by atoms with Gasteiger partial charge >= 0.3 is 5.69 Å². The van der Waals surface area contributed by atoms with Crippen molar-refractivity contribution < 1.29 is 19.6 Å². The molecule has 0 saturated carbocycles. The lowest BCUT2D eigenvalue weighted by molar-refractivity contribution is -0.386. The van der Waals surface area contributed by atoms with Gasteiger partial charge in [-0.2, -0.15) is 5.10 Å². The number of nitrogens with zero attached hydrogens (tertiary/aromatic N) is 3. The van der Waals surface area contributed by atoms with Crippen LogP contribution >= 0.6 is 11.8 Å². The van der Waals surface area contributed by atoms with Gasteiger partial charge in [0.15, 0.2) is 10.9 Å². The molecule has 3 aromatic rings. The number of hydrogen-bond acceptors (Lipinski definition) is 8. The van der Waals surface area contributed by atoms with E-state index in [-0.39, 0.29) is 24.0 Å². The van der Waals surface area contributed by atoms with Crippen molar-refractivity contribution in [1.82, 2.24) is 15.4 Å². The lowest BCUT2D eigenvalue weighted by Crippen LogP contribution is -2.19. The van der Waals surface area contributed by atoms with Crippen LogP contribution in [-0.4, -0.2) is 44.5 Å². The Morgan fingerprint density at radius 1 is 1.45 bits per heavy atom. The van der Waals surface area contributed by atoms with Gasteiger partial charge < -0.3 is 14.8 Å². The largest absolute Gasteiger partial charge is 0.500 e. The number of amides is 1. The van der Waals surface area contributed by atoms with Crippen molar-refractivity contribution in [3.05, 3.63) is 52.1 Å². The molecule has 1 amide bonds. The SMILES string of the molecule is CCOc1cc(C=NNC(=O)CSc2nc3ccccc3[nH]2)cc([N+](=O)[O-])c1O. The molecule has 0 fully saturated rings. The summed E-state index contributed by atoms with van der Waals surface area (Å²) in [6.07, 6.45) is 1.23. The molecule has 0 unspecified atom stereocenters. The number of H-pyrrole nitrogens is 1. The maximum atomic E-state index is 12.0. The number of thioether (sulfide) groups is 1. The summed E-state index contributed by atoms with van der Waals surface area (Å²) in [4.78, 5) is 29.8. The average Bonchev–Trinajstić information content (AvgIpc) is 3.11. The third-order valence-electron chi connectivity index (χ3n) is 3.68. The molecule has 0 atom stereocenters. The third-order valence-corrected chi connectivity index (χ3v) is 4.56. The normalized spacial score (nSPS) is 11.1. The molecule has 3 N–H and O–H groups in total. The summed E-state index contributed by atoms with van der Waals surface area (Å²) in [7, 11) is 0. The van der Waals surface area contributed by atoms with Gasteiger partial charge in [-0.1, -0.05) is 23.9 Å². The summed E-state index contributed by atoms with van der Waals surface area (Å²) in [5.74, 6) is -0.878. The number of aromatic hydroxyl groups is 1. The molecule has 0 aliphatic rings. The van der Waals surface area contributed by atoms with Crippen molar-refractivity contribution in [2.45, 2.75) is 12.1 Å². The summed E-state index contributed by atoms with van der Waals surface area (Å²) in [6.45, 7) is 1.91. The van der Waals surface area contributed by atoms with E-state index in [9.17, 15) is 20.0 Å². The van der Waals surface area contributed by atoms with Crippen LogP contribution in [0.15, 0.2) is 46.7 Å². The van der Waals surface area contributed by atoms with Crippen molar-refractivity contribution in [2.75, 3.05) is 12.4 Å². The van der Waals surface area contributed by atoms with Gasteiger partial charge in [-0.25, -0.2) is 10.4 Å². The smallest absolute Gasteiger partial charge is 0.315 e. The van der Waals surface area contributed by atoms with E-state index in [4.69, 9.17) is 4.74 Å². The highest BCUT2D eigenvalue weighted by Gasteiger charge is 2.19. The van der Waals surface area contributed by atoms with E-state index in [0.29, 0.717) is 10.7 Å². The van der Waals surface area contributed by atoms with Gasteiger partial charge in [0.2, 0.25) is 5.75 Å². The molecule has 0 spiro atoms. The molecule has 1 heterocycles. The van der Waals surface area contributed by atoms with Gasteiger partial charge in [0.05, 0.1) is 34.5 Å². The topological polar surface area (TPSA) is 143 Å². The number of carbonyl (C=O) groups excluding carboxylic acids is 1. The molecule has 11 heteroatoms. The number of para-hydroxylation sites is 2. The van der Waals surface area contributed by atoms with E-state index < -0.39 is 16.4 Å². The van der Waals surface area contributed by atoms with Crippen LogP contribution in [0.3, 0.4) is 0 Å². The van der Waals surface area contributed by atoms with Crippen LogP contribution < -0.4 is 10.2 Å². The zero-order valence-electron chi connectivity index (χ0n) is 15.3. The quantitative estimate of drug-likeness (QED) is 0.222. The number of nitro benzene ring substituents is 1. The highest BCUT2D eigenvalue weighted by atomic mass is 32.2. The zero-order chi connectivity index (χ0) is 20.8. The molecule has 0 saturated heterocycles. The van der Waals surface area contributed by atoms with Gasteiger partial charge in [-0.05, 0) is 25.1 Å². The summed E-state index contributed by atoms with van der Waals surface area (Å²) in [6, 6.07) is 10.1. The number of phenols is 1. The first kappa shape index (κ1) is 20.1. The van der Waals surface area contributed by atoms with Crippen molar-refractivity contribution in [1.29, 1.82) is 0 Å². The number of nitrogens with one attached hydrogen (secondary N) is 2. The Balaban J connectivity index is 1.61. The number of hydrazone groups is 1. The molecular formula is C18H17N5O5S. The summed E-state index contributed by atoms with van der Waals surface area (Å²) in [5, 5.41) is 25.3. The number of phenolic OH excluding ortho intramolecular Hbond substituents is 1. The highest BCUT2D eigenvalue weighted by Crippen LogP contribution is 2.36. The fraction of sp³-hybridized carbons (Fsp3) is 0.167. The summed E-state index contributed by atoms with van der Waals surface area (Å²) >= 11 is 1.22. The van der Waals surface area contributed by atoms with Crippen molar-refractivity contribution in [3.63, 3.8) is 0 Å². The number of benzene rings is 2. The Morgan fingerprint density at radius 3 is 2.97 bits per heavy atom. The first-order valence-electron chi connectivity index (χ1n) is 8.51. The maximum absolute atomic E-state index is 12.0. The number of ether oxygens (including phenoxy) is 1. The molecule has 3 rings (SSSR count). The molecule has 150 valence electrons. The van der Waals surface area contributed by atoms with Gasteiger partial charge in [-0.3, -0.25) is 14.9 Å². The van der Waals surface area contributed by atoms with Crippen LogP contribution in [0.2, 0.25) is 0 Å². The molecule has 0 radical (unpaired) electrons. The fourth-order valence-electron chi connectivity index (χ4n) is 2.44. The second-order valence-electron chi connectivity index (χ2n) is 5.72. The number of rotatable bonds is 8. The van der Waals surface area contributed by atoms with Crippen LogP contribution in [0.1, 0.15) is 12.5 Å². The van der Waals surface area contributed by atoms with E-state index in [1.54, 1.807) is 6.92 Å². The average molecular weight is 415 g/mol. The monoisotopic (exact) mass is 415 g/mol. The second-order valence-corrected chi connectivity index (χ2v) is 6.68.